The fourth-order valence-electron chi connectivity index (χ4n) is 3.47. The van der Waals surface area contributed by atoms with Gasteiger partial charge in [0.25, 0.3) is 0 Å². The topological polar surface area (TPSA) is 55.8 Å². The van der Waals surface area contributed by atoms with Gasteiger partial charge >= 0.3 is 11.9 Å². The molecular formula is C24H31NO4S. The van der Waals surface area contributed by atoms with Gasteiger partial charge in [-0.15, -0.1) is 0 Å². The third kappa shape index (κ3) is 7.84. The minimum atomic E-state index is -0.996. The molecule has 0 aliphatic carbocycles. The van der Waals surface area contributed by atoms with Crippen LogP contribution in [0.4, 0.5) is 0 Å². The molecular weight excluding hydrogens is 398 g/mol. The summed E-state index contributed by atoms with van der Waals surface area (Å²) in [5.74, 6) is -0.732. The molecule has 0 bridgehead atoms. The van der Waals surface area contributed by atoms with E-state index in [1.54, 1.807) is 6.26 Å². The van der Waals surface area contributed by atoms with E-state index in [-0.39, 0.29) is 6.04 Å². The van der Waals surface area contributed by atoms with Crippen LogP contribution in [0.2, 0.25) is 0 Å². The summed E-state index contributed by atoms with van der Waals surface area (Å²) in [7, 11) is 0. The quantitative estimate of drug-likeness (QED) is 0.376. The highest BCUT2D eigenvalue weighted by molar-refractivity contribution is 7.94. The van der Waals surface area contributed by atoms with Gasteiger partial charge in [-0.2, -0.15) is 0 Å². The summed E-state index contributed by atoms with van der Waals surface area (Å²) in [6.07, 6.45) is 1.36. The van der Waals surface area contributed by atoms with E-state index in [1.165, 1.54) is 6.92 Å². The average molecular weight is 430 g/mol. The molecule has 162 valence electrons. The fourth-order valence-corrected chi connectivity index (χ4v) is 3.72. The molecule has 2 aromatic carbocycles. The molecule has 30 heavy (non-hydrogen) atoms. The van der Waals surface area contributed by atoms with Crippen LogP contribution in [-0.2, 0) is 31.6 Å². The fraction of sp³-hybridized carbons (Fsp3) is 0.417. The lowest BCUT2D eigenvalue weighted by molar-refractivity contribution is -0.166. The maximum atomic E-state index is 12.8. The number of esters is 1. The molecule has 0 unspecified atom stereocenters. The number of ether oxygens (including phenoxy) is 1. The molecule has 0 aliphatic heterocycles. The van der Waals surface area contributed by atoms with Crippen molar-refractivity contribution < 1.29 is 18.5 Å². The predicted molar refractivity (Wildman–Crippen MR) is 121 cm³/mol. The molecule has 0 saturated heterocycles. The lowest BCUT2D eigenvalue weighted by Crippen LogP contribution is -2.49. The summed E-state index contributed by atoms with van der Waals surface area (Å²) in [6, 6.07) is 19.9. The van der Waals surface area contributed by atoms with E-state index in [0.717, 1.165) is 23.2 Å². The summed E-state index contributed by atoms with van der Waals surface area (Å²) < 4.78 is 10.7. The second-order valence-corrected chi connectivity index (χ2v) is 8.17. The van der Waals surface area contributed by atoms with Gasteiger partial charge in [0.05, 0.1) is 18.1 Å². The van der Waals surface area contributed by atoms with E-state index in [1.807, 2.05) is 36.4 Å². The van der Waals surface area contributed by atoms with Crippen LogP contribution in [0.25, 0.3) is 0 Å². The summed E-state index contributed by atoms with van der Waals surface area (Å²) >= 11 is 0.962. The van der Waals surface area contributed by atoms with Crippen LogP contribution >= 0.6 is 12.0 Å². The lowest BCUT2D eigenvalue weighted by atomic mass is 9.96. The van der Waals surface area contributed by atoms with Gasteiger partial charge in [-0.25, -0.2) is 4.79 Å². The second-order valence-electron chi connectivity index (χ2n) is 7.67. The van der Waals surface area contributed by atoms with Crippen molar-refractivity contribution in [2.24, 2.45) is 5.92 Å². The Kier molecular flexibility index (Phi) is 9.91. The largest absolute Gasteiger partial charge is 0.449 e. The molecule has 0 heterocycles. The zero-order chi connectivity index (χ0) is 21.9. The zero-order valence-corrected chi connectivity index (χ0v) is 18.9. The van der Waals surface area contributed by atoms with E-state index >= 15 is 0 Å². The number of rotatable bonds is 11. The number of hydrogen-bond acceptors (Lipinski definition) is 6. The van der Waals surface area contributed by atoms with Crippen LogP contribution in [0.3, 0.4) is 0 Å². The molecule has 0 aliphatic rings. The van der Waals surface area contributed by atoms with E-state index < -0.39 is 18.0 Å². The van der Waals surface area contributed by atoms with Gasteiger partial charge in [-0.05, 0) is 23.5 Å². The SMILES string of the molecule is CSOC(=O)[C@@H](OC(C)=O)[C@H](CC(C)C)N(Cc1ccccc1)Cc1ccccc1. The summed E-state index contributed by atoms with van der Waals surface area (Å²) in [6.45, 7) is 6.77. The molecule has 0 spiro atoms. The van der Waals surface area contributed by atoms with Crippen LogP contribution in [-0.4, -0.2) is 35.2 Å². The van der Waals surface area contributed by atoms with Crippen molar-refractivity contribution in [1.82, 2.24) is 4.90 Å². The van der Waals surface area contributed by atoms with Crippen molar-refractivity contribution in [3.8, 4) is 0 Å². The molecule has 2 aromatic rings. The number of carbonyl (C=O) groups excluding carboxylic acids is 2. The molecule has 2 rings (SSSR count). The Balaban J connectivity index is 2.43. The Bertz CT molecular complexity index is 741. The highest BCUT2D eigenvalue weighted by atomic mass is 32.2. The van der Waals surface area contributed by atoms with Gasteiger partial charge in [0.1, 0.15) is 0 Å². The van der Waals surface area contributed by atoms with Crippen LogP contribution in [0.1, 0.15) is 38.3 Å². The highest BCUT2D eigenvalue weighted by Gasteiger charge is 2.37. The number of hydrogen-bond donors (Lipinski definition) is 0. The second kappa shape index (κ2) is 12.4. The minimum absolute atomic E-state index is 0.296. The first-order chi connectivity index (χ1) is 14.4. The minimum Gasteiger partial charge on any atom is -0.449 e. The summed E-state index contributed by atoms with van der Waals surface area (Å²) in [5, 5.41) is 0. The van der Waals surface area contributed by atoms with Crippen LogP contribution in [0.5, 0.6) is 0 Å². The molecule has 0 fully saturated rings. The Morgan fingerprint density at radius 2 is 1.43 bits per heavy atom. The normalized spacial score (nSPS) is 13.1. The van der Waals surface area contributed by atoms with Crippen molar-refractivity contribution in [3.63, 3.8) is 0 Å². The van der Waals surface area contributed by atoms with Gasteiger partial charge in [-0.1, -0.05) is 74.5 Å². The van der Waals surface area contributed by atoms with Gasteiger partial charge in [0.15, 0.2) is 0 Å². The summed E-state index contributed by atoms with van der Waals surface area (Å²) in [4.78, 5) is 26.8. The average Bonchev–Trinajstić information content (AvgIpc) is 2.71. The Morgan fingerprint density at radius 1 is 0.933 bits per heavy atom. The van der Waals surface area contributed by atoms with E-state index in [4.69, 9.17) is 8.92 Å². The Hall–Kier alpha value is -2.31. The zero-order valence-electron chi connectivity index (χ0n) is 18.1. The first-order valence-corrected chi connectivity index (χ1v) is 11.3. The van der Waals surface area contributed by atoms with Crippen molar-refractivity contribution >= 4 is 24.0 Å². The molecule has 0 saturated carbocycles. The number of carbonyl (C=O) groups is 2. The first-order valence-electron chi connectivity index (χ1n) is 10.1. The molecule has 0 amide bonds. The maximum Gasteiger partial charge on any atom is 0.361 e. The Morgan fingerprint density at radius 3 is 1.83 bits per heavy atom. The van der Waals surface area contributed by atoms with Crippen LogP contribution < -0.4 is 0 Å². The number of nitrogens with zero attached hydrogens (tertiary/aromatic N) is 1. The van der Waals surface area contributed by atoms with Crippen molar-refractivity contribution in [1.29, 1.82) is 0 Å². The molecule has 0 N–H and O–H groups in total. The third-order valence-electron chi connectivity index (χ3n) is 4.68. The molecule has 0 radical (unpaired) electrons. The third-order valence-corrected chi connectivity index (χ3v) is 5.01. The monoisotopic (exact) mass is 429 g/mol. The van der Waals surface area contributed by atoms with E-state index in [0.29, 0.717) is 25.4 Å². The lowest BCUT2D eigenvalue weighted by Gasteiger charge is -2.36. The van der Waals surface area contributed by atoms with Crippen molar-refractivity contribution in [2.75, 3.05) is 6.26 Å². The van der Waals surface area contributed by atoms with E-state index in [2.05, 4.69) is 43.0 Å². The smallest absolute Gasteiger partial charge is 0.361 e. The summed E-state index contributed by atoms with van der Waals surface area (Å²) in [5.41, 5.74) is 2.25. The van der Waals surface area contributed by atoms with Gasteiger partial charge in [0.2, 0.25) is 6.10 Å². The van der Waals surface area contributed by atoms with Crippen LogP contribution in [0.15, 0.2) is 60.7 Å². The van der Waals surface area contributed by atoms with Crippen molar-refractivity contribution in [2.45, 2.75) is 52.4 Å². The predicted octanol–water partition coefficient (Wildman–Crippen LogP) is 4.86. The molecule has 0 aromatic heterocycles. The molecule has 2 atom stereocenters. The van der Waals surface area contributed by atoms with Gasteiger partial charge in [0, 0.05) is 26.3 Å². The first kappa shape index (κ1) is 24.0. The Labute approximate surface area is 184 Å². The van der Waals surface area contributed by atoms with Gasteiger partial charge in [-0.3, -0.25) is 9.69 Å². The van der Waals surface area contributed by atoms with Gasteiger partial charge < -0.3 is 8.92 Å². The highest BCUT2D eigenvalue weighted by Crippen LogP contribution is 2.24. The van der Waals surface area contributed by atoms with Crippen molar-refractivity contribution in [3.05, 3.63) is 71.8 Å². The standard InChI is InChI=1S/C24H31NO4S/c1-18(2)15-22(23(28-19(3)26)24(27)29-30-4)25(16-20-11-7-5-8-12-20)17-21-13-9-6-10-14-21/h5-14,18,22-23H,15-17H2,1-4H3/t22-,23-/m0/s1. The van der Waals surface area contributed by atoms with E-state index in [9.17, 15) is 9.59 Å². The maximum absolute atomic E-state index is 12.8. The molecule has 6 heteroatoms. The molecule has 5 nitrogen and oxygen atoms in total. The number of benzene rings is 2. The van der Waals surface area contributed by atoms with Crippen LogP contribution in [0, 0.1) is 5.92 Å².